The van der Waals surface area contributed by atoms with Gasteiger partial charge in [0.1, 0.15) is 0 Å². The highest BCUT2D eigenvalue weighted by atomic mass is 19.3. The van der Waals surface area contributed by atoms with Crippen LogP contribution in [0.25, 0.3) is 0 Å². The van der Waals surface area contributed by atoms with Crippen LogP contribution in [0.15, 0.2) is 0 Å². The zero-order valence-corrected chi connectivity index (χ0v) is 7.43. The summed E-state index contributed by atoms with van der Waals surface area (Å²) in [4.78, 5) is 10.9. The van der Waals surface area contributed by atoms with E-state index in [-0.39, 0.29) is 19.7 Å². The number of nitrogens with one attached hydrogen (secondary N) is 1. The highest BCUT2D eigenvalue weighted by Gasteiger charge is 2.67. The highest BCUT2D eigenvalue weighted by molar-refractivity contribution is 5.77. The number of piperidine rings is 1. The highest BCUT2D eigenvalue weighted by Crippen LogP contribution is 2.47. The molecule has 2 heterocycles. The Balaban J connectivity index is 2.40. The van der Waals surface area contributed by atoms with Gasteiger partial charge in [-0.1, -0.05) is 0 Å². The minimum atomic E-state index is -3.18. The minimum Gasteiger partial charge on any atom is -0.481 e. The molecule has 2 bridgehead atoms. The molecule has 0 radical (unpaired) electrons. The maximum absolute atomic E-state index is 13.7. The Labute approximate surface area is 79.2 Å². The van der Waals surface area contributed by atoms with Crippen LogP contribution in [-0.4, -0.2) is 43.3 Å². The normalized spacial score (nSPS) is 40.6. The largest absolute Gasteiger partial charge is 0.481 e. The van der Waals surface area contributed by atoms with Crippen molar-refractivity contribution in [2.75, 3.05) is 26.3 Å². The Kier molecular flexibility index (Phi) is 2.01. The average Bonchev–Trinajstić information content (AvgIpc) is 2.00. The summed E-state index contributed by atoms with van der Waals surface area (Å²) in [7, 11) is 0. The fourth-order valence-electron chi connectivity index (χ4n) is 2.06. The van der Waals surface area contributed by atoms with Crippen molar-refractivity contribution in [3.8, 4) is 0 Å². The number of carboxylic acids is 1. The van der Waals surface area contributed by atoms with E-state index in [1.807, 2.05) is 0 Å². The van der Waals surface area contributed by atoms with Crippen molar-refractivity contribution in [3.63, 3.8) is 0 Å². The molecule has 2 N–H and O–H groups in total. The lowest BCUT2D eigenvalue weighted by molar-refractivity contribution is -0.249. The molecule has 0 aromatic carbocycles. The number of ether oxygens (including phenoxy) is 1. The summed E-state index contributed by atoms with van der Waals surface area (Å²) < 4.78 is 32.4. The summed E-state index contributed by atoms with van der Waals surface area (Å²) in [6.45, 7) is -0.609. The van der Waals surface area contributed by atoms with Crippen molar-refractivity contribution in [3.05, 3.63) is 0 Å². The molecule has 14 heavy (non-hydrogen) atoms. The van der Waals surface area contributed by atoms with Gasteiger partial charge in [-0.25, -0.2) is 8.78 Å². The van der Waals surface area contributed by atoms with E-state index in [0.29, 0.717) is 0 Å². The number of carbonyl (C=O) groups is 1. The van der Waals surface area contributed by atoms with Crippen LogP contribution < -0.4 is 5.32 Å². The zero-order chi connectivity index (χ0) is 10.4. The molecule has 6 heteroatoms. The van der Waals surface area contributed by atoms with Crippen molar-refractivity contribution in [2.24, 2.45) is 11.3 Å². The lowest BCUT2D eigenvalue weighted by Gasteiger charge is -2.48. The first-order valence-corrected chi connectivity index (χ1v) is 4.40. The van der Waals surface area contributed by atoms with E-state index in [1.165, 1.54) is 0 Å². The second kappa shape index (κ2) is 2.87. The fourth-order valence-corrected chi connectivity index (χ4v) is 2.06. The quantitative estimate of drug-likeness (QED) is 0.632. The molecule has 2 fully saturated rings. The van der Waals surface area contributed by atoms with Crippen LogP contribution in [0.4, 0.5) is 8.78 Å². The number of halogens is 2. The Morgan fingerprint density at radius 1 is 1.57 bits per heavy atom. The monoisotopic (exact) mass is 207 g/mol. The second-order valence-corrected chi connectivity index (χ2v) is 3.85. The SMILES string of the molecule is O=C(O)C12CNCC(COC1)C2(F)F. The van der Waals surface area contributed by atoms with E-state index < -0.39 is 29.8 Å². The predicted molar refractivity (Wildman–Crippen MR) is 42.2 cm³/mol. The zero-order valence-electron chi connectivity index (χ0n) is 7.43. The Morgan fingerprint density at radius 2 is 2.29 bits per heavy atom. The molecule has 0 aromatic rings. The van der Waals surface area contributed by atoms with Gasteiger partial charge in [0.25, 0.3) is 5.92 Å². The second-order valence-electron chi connectivity index (χ2n) is 3.85. The Hall–Kier alpha value is -0.750. The number of alkyl halides is 2. The van der Waals surface area contributed by atoms with Crippen LogP contribution >= 0.6 is 0 Å². The number of fused-ring (bicyclic) bond motifs is 2. The molecule has 2 unspecified atom stereocenters. The standard InChI is InChI=1S/C8H11F2NO3/c9-8(10)5-1-11-3-7(8,6(12)13)4-14-2-5/h5,11H,1-4H2,(H,12,13). The van der Waals surface area contributed by atoms with E-state index in [4.69, 9.17) is 9.84 Å². The van der Waals surface area contributed by atoms with Gasteiger partial charge in [0.15, 0.2) is 5.41 Å². The van der Waals surface area contributed by atoms with Crippen molar-refractivity contribution in [1.29, 1.82) is 0 Å². The number of hydrogen-bond donors (Lipinski definition) is 2. The molecular weight excluding hydrogens is 196 g/mol. The molecule has 2 atom stereocenters. The molecule has 80 valence electrons. The van der Waals surface area contributed by atoms with Gasteiger partial charge in [-0.15, -0.1) is 0 Å². The van der Waals surface area contributed by atoms with Gasteiger partial charge in [-0.05, 0) is 0 Å². The van der Waals surface area contributed by atoms with Gasteiger partial charge in [0.2, 0.25) is 0 Å². The smallest absolute Gasteiger partial charge is 0.319 e. The van der Waals surface area contributed by atoms with Crippen LogP contribution in [-0.2, 0) is 9.53 Å². The van der Waals surface area contributed by atoms with Crippen molar-refractivity contribution in [2.45, 2.75) is 5.92 Å². The molecule has 0 aromatic heterocycles. The molecule has 2 saturated heterocycles. The average molecular weight is 207 g/mol. The fraction of sp³-hybridized carbons (Fsp3) is 0.875. The summed E-state index contributed by atoms with van der Waals surface area (Å²) in [5.41, 5.74) is -2.08. The molecule has 0 spiro atoms. The van der Waals surface area contributed by atoms with E-state index >= 15 is 0 Å². The molecule has 2 rings (SSSR count). The molecule has 2 aliphatic rings. The Bertz CT molecular complexity index is 259. The molecule has 2 aliphatic heterocycles. The Morgan fingerprint density at radius 3 is 2.86 bits per heavy atom. The minimum absolute atomic E-state index is 0.0744. The lowest BCUT2D eigenvalue weighted by Crippen LogP contribution is -2.68. The molecular formula is C8H11F2NO3. The van der Waals surface area contributed by atoms with E-state index in [9.17, 15) is 13.6 Å². The van der Waals surface area contributed by atoms with Crippen LogP contribution in [0.2, 0.25) is 0 Å². The van der Waals surface area contributed by atoms with Crippen LogP contribution in [0, 0.1) is 11.3 Å². The summed E-state index contributed by atoms with van der Waals surface area (Å²) >= 11 is 0. The summed E-state index contributed by atoms with van der Waals surface area (Å²) in [6.07, 6.45) is 0. The first-order valence-electron chi connectivity index (χ1n) is 4.40. The number of rotatable bonds is 1. The predicted octanol–water partition coefficient (Wildman–Crippen LogP) is -0.0577. The maximum atomic E-state index is 13.7. The van der Waals surface area contributed by atoms with E-state index in [2.05, 4.69) is 5.32 Å². The maximum Gasteiger partial charge on any atom is 0.319 e. The molecule has 0 aliphatic carbocycles. The van der Waals surface area contributed by atoms with Gasteiger partial charge < -0.3 is 15.2 Å². The number of aliphatic carboxylic acids is 1. The molecule has 4 nitrogen and oxygen atoms in total. The molecule has 0 amide bonds. The lowest BCUT2D eigenvalue weighted by atomic mass is 9.71. The first-order chi connectivity index (χ1) is 6.51. The third-order valence-corrected chi connectivity index (χ3v) is 3.05. The van der Waals surface area contributed by atoms with Gasteiger partial charge >= 0.3 is 5.97 Å². The van der Waals surface area contributed by atoms with Crippen LogP contribution in [0.3, 0.4) is 0 Å². The van der Waals surface area contributed by atoms with Crippen molar-refractivity contribution < 1.29 is 23.4 Å². The van der Waals surface area contributed by atoms with Gasteiger partial charge in [0, 0.05) is 13.1 Å². The van der Waals surface area contributed by atoms with E-state index in [0.717, 1.165) is 0 Å². The first kappa shape index (κ1) is 9.79. The van der Waals surface area contributed by atoms with Crippen LogP contribution in [0.5, 0.6) is 0 Å². The van der Waals surface area contributed by atoms with Crippen molar-refractivity contribution >= 4 is 5.97 Å². The summed E-state index contributed by atoms with van der Waals surface area (Å²) in [5, 5.41) is 11.6. The van der Waals surface area contributed by atoms with Gasteiger partial charge in [0.05, 0.1) is 19.1 Å². The van der Waals surface area contributed by atoms with Gasteiger partial charge in [-0.3, -0.25) is 4.79 Å². The topological polar surface area (TPSA) is 58.6 Å². The van der Waals surface area contributed by atoms with Crippen molar-refractivity contribution in [1.82, 2.24) is 5.32 Å². The molecule has 0 saturated carbocycles. The number of hydrogen-bond acceptors (Lipinski definition) is 3. The third kappa shape index (κ3) is 1.01. The summed E-state index contributed by atoms with van der Waals surface area (Å²) in [6, 6.07) is 0. The van der Waals surface area contributed by atoms with Gasteiger partial charge in [-0.2, -0.15) is 0 Å². The van der Waals surface area contributed by atoms with E-state index in [1.54, 1.807) is 0 Å². The van der Waals surface area contributed by atoms with Crippen LogP contribution in [0.1, 0.15) is 0 Å². The number of carboxylic acid groups (broad SMARTS) is 1. The third-order valence-electron chi connectivity index (χ3n) is 3.05. The summed E-state index contributed by atoms with van der Waals surface area (Å²) in [5.74, 6) is -5.69.